The Morgan fingerprint density at radius 2 is 1.62 bits per heavy atom. The molecule has 1 heterocycles. The fraction of sp³-hybridized carbons (Fsp3) is 0.706. The van der Waals surface area contributed by atoms with Crippen molar-refractivity contribution >= 4 is 23.8 Å². The van der Waals surface area contributed by atoms with Crippen molar-refractivity contribution in [3.63, 3.8) is 0 Å². The summed E-state index contributed by atoms with van der Waals surface area (Å²) in [6, 6.07) is 5.69. The molecule has 4 N–H and O–H groups in total. The number of fused-ring (bicyclic) bond motifs is 1. The molecule has 0 radical (unpaired) electrons. The Labute approximate surface area is 266 Å². The summed E-state index contributed by atoms with van der Waals surface area (Å²) < 4.78 is 27.2. The first-order valence-corrected chi connectivity index (χ1v) is 16.3. The van der Waals surface area contributed by atoms with Gasteiger partial charge in [0.05, 0.1) is 0 Å². The molecule has 1 aromatic carbocycles. The highest BCUT2D eigenvalue weighted by Crippen LogP contribution is 2.65. The molecule has 0 aromatic heterocycles. The van der Waals surface area contributed by atoms with Crippen LogP contribution in [0.3, 0.4) is 0 Å². The highest BCUT2D eigenvalue weighted by Gasteiger charge is 2.70. The number of nitrogens with one attached hydrogen (secondary N) is 4. The zero-order valence-corrected chi connectivity index (χ0v) is 27.6. The van der Waals surface area contributed by atoms with Gasteiger partial charge in [0.15, 0.2) is 0 Å². The number of amides is 5. The standard InChI is InChI=1S/C34H51F2N5O4/c1-32(2,3)27(39-31(45)40-34(6)16-11-8-12-17-34)30(44)41-20-22-25(33(22,4)5)26(41)29(43)38-23(19-24(35)36)28(42)37-18-15-21-13-9-7-10-14-21/h7,9-10,13-14,22-27H,8,11-12,15-20H2,1-6H3,(H,37,42)(H,38,43)(H2,39,40,45)/t22-,23?,25-,26-,27+/m0/s1. The van der Waals surface area contributed by atoms with Crippen LogP contribution in [0.15, 0.2) is 30.3 Å². The van der Waals surface area contributed by atoms with Crippen LogP contribution in [0.1, 0.15) is 85.6 Å². The molecule has 1 unspecified atom stereocenters. The van der Waals surface area contributed by atoms with Crippen LogP contribution in [-0.4, -0.2) is 71.8 Å². The van der Waals surface area contributed by atoms with Crippen molar-refractivity contribution in [3.05, 3.63) is 35.9 Å². The summed E-state index contributed by atoms with van der Waals surface area (Å²) in [4.78, 5) is 55.7. The summed E-state index contributed by atoms with van der Waals surface area (Å²) in [5.74, 6) is -1.86. The van der Waals surface area contributed by atoms with E-state index >= 15 is 0 Å². The van der Waals surface area contributed by atoms with Gasteiger partial charge in [0.2, 0.25) is 24.1 Å². The topological polar surface area (TPSA) is 120 Å². The van der Waals surface area contributed by atoms with Gasteiger partial charge in [-0.2, -0.15) is 0 Å². The summed E-state index contributed by atoms with van der Waals surface area (Å²) in [6.07, 6.45) is 1.76. The van der Waals surface area contributed by atoms with Crippen molar-refractivity contribution < 1.29 is 28.0 Å². The predicted molar refractivity (Wildman–Crippen MR) is 168 cm³/mol. The van der Waals surface area contributed by atoms with Crippen LogP contribution in [0.25, 0.3) is 0 Å². The van der Waals surface area contributed by atoms with Gasteiger partial charge in [0, 0.05) is 25.0 Å². The number of hydrogen-bond acceptors (Lipinski definition) is 4. The lowest BCUT2D eigenvalue weighted by molar-refractivity contribution is -0.144. The van der Waals surface area contributed by atoms with E-state index in [1.54, 1.807) is 0 Å². The SMILES string of the molecule is CC1(NC(=O)N[C@H](C(=O)N2C[C@H]3[C@@H]([C@H]2C(=O)NC(CC(F)F)C(=O)NCCc2ccccc2)C3(C)C)C(C)(C)C)CCCCC1. The quantitative estimate of drug-likeness (QED) is 0.289. The van der Waals surface area contributed by atoms with Crippen molar-refractivity contribution in [2.75, 3.05) is 13.1 Å². The molecular formula is C34H51F2N5O4. The number of rotatable bonds is 11. The molecule has 5 atom stereocenters. The number of nitrogens with zero attached hydrogens (tertiary/aromatic N) is 1. The van der Waals surface area contributed by atoms with Gasteiger partial charge in [-0.05, 0) is 54.4 Å². The van der Waals surface area contributed by atoms with Crippen LogP contribution in [-0.2, 0) is 20.8 Å². The van der Waals surface area contributed by atoms with Crippen LogP contribution in [0.4, 0.5) is 13.6 Å². The average Bonchev–Trinajstić information content (AvgIpc) is 3.27. The molecule has 1 saturated heterocycles. The van der Waals surface area contributed by atoms with Crippen LogP contribution in [0.5, 0.6) is 0 Å². The van der Waals surface area contributed by atoms with Crippen molar-refractivity contribution in [1.82, 2.24) is 26.2 Å². The largest absolute Gasteiger partial charge is 0.354 e. The third kappa shape index (κ3) is 8.33. The van der Waals surface area contributed by atoms with E-state index < -0.39 is 60.1 Å². The zero-order valence-electron chi connectivity index (χ0n) is 27.6. The average molecular weight is 632 g/mol. The lowest BCUT2D eigenvalue weighted by atomic mass is 9.83. The fourth-order valence-corrected chi connectivity index (χ4v) is 7.29. The smallest absolute Gasteiger partial charge is 0.315 e. The van der Waals surface area contributed by atoms with Crippen LogP contribution < -0.4 is 21.3 Å². The van der Waals surface area contributed by atoms with Crippen molar-refractivity contribution in [1.29, 1.82) is 0 Å². The monoisotopic (exact) mass is 631 g/mol. The molecule has 45 heavy (non-hydrogen) atoms. The number of piperidine rings is 1. The summed E-state index contributed by atoms with van der Waals surface area (Å²) in [5, 5.41) is 11.2. The minimum absolute atomic E-state index is 0.0426. The lowest BCUT2D eigenvalue weighted by Crippen LogP contribution is -2.62. The van der Waals surface area contributed by atoms with E-state index in [4.69, 9.17) is 0 Å². The molecule has 2 aliphatic carbocycles. The Hall–Kier alpha value is -3.24. The molecule has 2 saturated carbocycles. The Kier molecular flexibility index (Phi) is 10.5. The molecule has 5 amide bonds. The second kappa shape index (κ2) is 13.6. The van der Waals surface area contributed by atoms with Crippen LogP contribution in [0.2, 0.25) is 0 Å². The van der Waals surface area contributed by atoms with Gasteiger partial charge < -0.3 is 26.2 Å². The first-order valence-electron chi connectivity index (χ1n) is 16.3. The van der Waals surface area contributed by atoms with Crippen LogP contribution in [0, 0.1) is 22.7 Å². The molecule has 4 rings (SSSR count). The number of hydrogen-bond donors (Lipinski definition) is 4. The maximum absolute atomic E-state index is 14.2. The maximum Gasteiger partial charge on any atom is 0.315 e. The Morgan fingerprint density at radius 1 is 0.978 bits per heavy atom. The summed E-state index contributed by atoms with van der Waals surface area (Å²) >= 11 is 0. The molecule has 0 spiro atoms. The Morgan fingerprint density at radius 3 is 2.22 bits per heavy atom. The number of urea groups is 1. The van der Waals surface area contributed by atoms with Crippen molar-refractivity contribution in [2.24, 2.45) is 22.7 Å². The van der Waals surface area contributed by atoms with Crippen LogP contribution >= 0.6 is 0 Å². The van der Waals surface area contributed by atoms with E-state index in [1.807, 2.05) is 71.9 Å². The van der Waals surface area contributed by atoms with Crippen molar-refractivity contribution in [2.45, 2.75) is 117 Å². The van der Waals surface area contributed by atoms with Crippen molar-refractivity contribution in [3.8, 4) is 0 Å². The molecular weight excluding hydrogens is 580 g/mol. The van der Waals surface area contributed by atoms with E-state index in [0.717, 1.165) is 37.7 Å². The number of carbonyl (C=O) groups is 4. The van der Waals surface area contributed by atoms with E-state index in [9.17, 15) is 28.0 Å². The van der Waals surface area contributed by atoms with Gasteiger partial charge in [0.25, 0.3) is 0 Å². The summed E-state index contributed by atoms with van der Waals surface area (Å²) in [5.41, 5.74) is -0.274. The predicted octanol–water partition coefficient (Wildman–Crippen LogP) is 4.41. The van der Waals surface area contributed by atoms with E-state index in [1.165, 1.54) is 4.90 Å². The molecule has 250 valence electrons. The lowest BCUT2D eigenvalue weighted by Gasteiger charge is -2.39. The number of alkyl halides is 2. The number of likely N-dealkylation sites (tertiary alicyclic amines) is 1. The first kappa shape index (κ1) is 34.6. The van der Waals surface area contributed by atoms with E-state index in [0.29, 0.717) is 13.0 Å². The summed E-state index contributed by atoms with van der Waals surface area (Å²) in [7, 11) is 0. The minimum atomic E-state index is -2.82. The normalized spacial score (nSPS) is 24.6. The molecule has 1 aromatic rings. The Bertz CT molecular complexity index is 1230. The second-order valence-corrected chi connectivity index (χ2v) is 15.1. The first-order chi connectivity index (χ1) is 21.0. The van der Waals surface area contributed by atoms with E-state index in [2.05, 4.69) is 21.3 Å². The van der Waals surface area contributed by atoms with Gasteiger partial charge in [0.1, 0.15) is 18.1 Å². The number of benzene rings is 1. The fourth-order valence-electron chi connectivity index (χ4n) is 7.29. The third-order valence-electron chi connectivity index (χ3n) is 10.1. The molecule has 9 nitrogen and oxygen atoms in total. The van der Waals surface area contributed by atoms with Gasteiger partial charge >= 0.3 is 6.03 Å². The van der Waals surface area contributed by atoms with Gasteiger partial charge in [-0.3, -0.25) is 14.4 Å². The highest BCUT2D eigenvalue weighted by molar-refractivity contribution is 5.95. The Balaban J connectivity index is 1.47. The second-order valence-electron chi connectivity index (χ2n) is 15.1. The molecule has 3 fully saturated rings. The number of carbonyl (C=O) groups excluding carboxylic acids is 4. The van der Waals surface area contributed by atoms with Gasteiger partial charge in [-0.15, -0.1) is 0 Å². The zero-order chi connectivity index (χ0) is 33.2. The maximum atomic E-state index is 14.2. The number of halogens is 2. The molecule has 11 heteroatoms. The van der Waals surface area contributed by atoms with E-state index in [-0.39, 0.29) is 29.3 Å². The molecule has 0 bridgehead atoms. The summed E-state index contributed by atoms with van der Waals surface area (Å²) in [6.45, 7) is 12.2. The minimum Gasteiger partial charge on any atom is -0.354 e. The van der Waals surface area contributed by atoms with Gasteiger partial charge in [-0.1, -0.05) is 84.2 Å². The highest BCUT2D eigenvalue weighted by atomic mass is 19.3. The third-order valence-corrected chi connectivity index (χ3v) is 10.1. The molecule has 3 aliphatic rings. The molecule has 1 aliphatic heterocycles. The van der Waals surface area contributed by atoms with Gasteiger partial charge in [-0.25, -0.2) is 13.6 Å².